The first-order valence-electron chi connectivity index (χ1n) is 9.99. The van der Waals surface area contributed by atoms with Crippen LogP contribution in [0.25, 0.3) is 28.2 Å². The van der Waals surface area contributed by atoms with Crippen LogP contribution in [-0.4, -0.2) is 57.0 Å². The first-order chi connectivity index (χ1) is 15.1. The van der Waals surface area contributed by atoms with Crippen molar-refractivity contribution in [1.29, 1.82) is 0 Å². The van der Waals surface area contributed by atoms with Crippen LogP contribution < -0.4 is 15.5 Å². The van der Waals surface area contributed by atoms with E-state index in [1.165, 1.54) is 12.1 Å². The van der Waals surface area contributed by atoms with Crippen LogP contribution >= 0.6 is 0 Å². The van der Waals surface area contributed by atoms with Gasteiger partial charge in [0.05, 0.1) is 17.5 Å². The van der Waals surface area contributed by atoms with Crippen LogP contribution in [0.5, 0.6) is 0 Å². The van der Waals surface area contributed by atoms with Crippen LogP contribution in [-0.2, 0) is 11.8 Å². The molecule has 0 aliphatic carbocycles. The minimum absolute atomic E-state index is 0.295. The number of carbonyl (C=O) groups is 1. The number of nitrogens with one attached hydrogen (secondary N) is 2. The van der Waals surface area contributed by atoms with Crippen LogP contribution in [0.3, 0.4) is 0 Å². The number of hydrogen-bond donors (Lipinski definition) is 2. The number of imidazole rings is 1. The zero-order valence-electron chi connectivity index (χ0n) is 16.9. The third-order valence-electron chi connectivity index (χ3n) is 5.33. The Morgan fingerprint density at radius 2 is 1.87 bits per heavy atom. The molecule has 1 aliphatic heterocycles. The minimum Gasteiger partial charge on any atom is -0.354 e. The molecular formula is C21H21FN8O. The van der Waals surface area contributed by atoms with Gasteiger partial charge in [-0.3, -0.25) is 9.48 Å². The molecule has 0 radical (unpaired) electrons. The molecule has 5 rings (SSSR count). The molecule has 1 aromatic carbocycles. The van der Waals surface area contributed by atoms with Crippen molar-refractivity contribution in [1.82, 2.24) is 29.7 Å². The summed E-state index contributed by atoms with van der Waals surface area (Å²) in [6.45, 7) is 3.45. The first kappa shape index (κ1) is 19.2. The Labute approximate surface area is 177 Å². The molecule has 9 nitrogen and oxygen atoms in total. The van der Waals surface area contributed by atoms with Crippen molar-refractivity contribution in [3.05, 3.63) is 48.4 Å². The highest BCUT2D eigenvalue weighted by molar-refractivity contribution is 5.88. The van der Waals surface area contributed by atoms with E-state index in [2.05, 4.69) is 20.5 Å². The number of aryl methyl sites for hydroxylation is 1. The second kappa shape index (κ2) is 7.80. The number of benzene rings is 1. The number of nitrogens with zero attached hydrogens (tertiary/aromatic N) is 6. The summed E-state index contributed by atoms with van der Waals surface area (Å²) < 4.78 is 17.0. The summed E-state index contributed by atoms with van der Waals surface area (Å²) in [5.41, 5.74) is 3.74. The molecule has 2 N–H and O–H groups in total. The van der Waals surface area contributed by atoms with Crippen LogP contribution in [0, 0.1) is 5.82 Å². The Hall–Kier alpha value is -3.79. The highest BCUT2D eigenvalue weighted by Crippen LogP contribution is 2.38. The van der Waals surface area contributed by atoms with Gasteiger partial charge in [0.25, 0.3) is 0 Å². The Morgan fingerprint density at radius 3 is 2.61 bits per heavy atom. The van der Waals surface area contributed by atoms with Crippen molar-refractivity contribution < 1.29 is 9.18 Å². The van der Waals surface area contributed by atoms with Crippen LogP contribution in [0.4, 0.5) is 16.0 Å². The smallest absolute Gasteiger partial charge is 0.212 e. The molecule has 0 saturated carbocycles. The van der Waals surface area contributed by atoms with E-state index >= 15 is 0 Å². The van der Waals surface area contributed by atoms with Crippen molar-refractivity contribution in [3.63, 3.8) is 0 Å². The molecule has 1 amide bonds. The lowest BCUT2D eigenvalue weighted by molar-refractivity contribution is -0.105. The summed E-state index contributed by atoms with van der Waals surface area (Å²) >= 11 is 0. The van der Waals surface area contributed by atoms with E-state index in [4.69, 9.17) is 10.2 Å². The van der Waals surface area contributed by atoms with E-state index in [1.54, 1.807) is 22.8 Å². The van der Waals surface area contributed by atoms with Crippen molar-refractivity contribution in [2.75, 3.05) is 36.4 Å². The van der Waals surface area contributed by atoms with Gasteiger partial charge in [0, 0.05) is 38.8 Å². The number of hydrogen-bond acceptors (Lipinski definition) is 6. The molecule has 31 heavy (non-hydrogen) atoms. The number of fused-ring (bicyclic) bond motifs is 1. The topological polar surface area (TPSA) is 92.4 Å². The van der Waals surface area contributed by atoms with Crippen molar-refractivity contribution in [2.24, 2.45) is 7.05 Å². The molecule has 10 heteroatoms. The largest absolute Gasteiger partial charge is 0.354 e. The fourth-order valence-electron chi connectivity index (χ4n) is 3.95. The van der Waals surface area contributed by atoms with E-state index in [0.717, 1.165) is 48.8 Å². The van der Waals surface area contributed by atoms with Gasteiger partial charge in [-0.05, 0) is 36.4 Å². The van der Waals surface area contributed by atoms with E-state index < -0.39 is 0 Å². The maximum absolute atomic E-state index is 13.5. The minimum atomic E-state index is -0.295. The molecule has 4 aromatic rings. The summed E-state index contributed by atoms with van der Waals surface area (Å²) in [7, 11) is 1.91. The highest BCUT2D eigenvalue weighted by Gasteiger charge is 2.26. The van der Waals surface area contributed by atoms with Gasteiger partial charge in [-0.1, -0.05) is 0 Å². The van der Waals surface area contributed by atoms with E-state index in [9.17, 15) is 9.18 Å². The summed E-state index contributed by atoms with van der Waals surface area (Å²) in [5.74, 6) is 1.09. The fraction of sp³-hybridized carbons (Fsp3) is 0.238. The van der Waals surface area contributed by atoms with Crippen LogP contribution in [0.15, 0.2) is 42.6 Å². The molecule has 0 spiro atoms. The van der Waals surface area contributed by atoms with E-state index in [0.29, 0.717) is 23.6 Å². The third-order valence-corrected chi connectivity index (χ3v) is 5.33. The Kier molecular flexibility index (Phi) is 4.83. The SMILES string of the molecule is Cn1nc(-c2ccc(F)cc2)c(-c2ccc3nc(NC=O)cn3n2)c1N1CCNCC1. The molecule has 3 aromatic heterocycles. The predicted molar refractivity (Wildman–Crippen MR) is 115 cm³/mol. The van der Waals surface area contributed by atoms with Gasteiger partial charge in [-0.25, -0.2) is 13.9 Å². The number of aromatic nitrogens is 5. The van der Waals surface area contributed by atoms with E-state index in [1.807, 2.05) is 23.9 Å². The van der Waals surface area contributed by atoms with Gasteiger partial charge in [-0.15, -0.1) is 0 Å². The summed E-state index contributed by atoms with van der Waals surface area (Å²) in [6, 6.07) is 10.1. The normalized spacial score (nSPS) is 14.2. The van der Waals surface area contributed by atoms with E-state index in [-0.39, 0.29) is 5.82 Å². The number of carbonyl (C=O) groups excluding carboxylic acids is 1. The second-order valence-electron chi connectivity index (χ2n) is 7.32. The lowest BCUT2D eigenvalue weighted by atomic mass is 10.0. The molecular weight excluding hydrogens is 399 g/mol. The van der Waals surface area contributed by atoms with Gasteiger partial charge in [0.15, 0.2) is 11.5 Å². The maximum atomic E-state index is 13.5. The molecule has 1 saturated heterocycles. The van der Waals surface area contributed by atoms with Gasteiger partial charge < -0.3 is 15.5 Å². The molecule has 158 valence electrons. The average molecular weight is 420 g/mol. The maximum Gasteiger partial charge on any atom is 0.212 e. The lowest BCUT2D eigenvalue weighted by Crippen LogP contribution is -2.44. The molecule has 1 aliphatic rings. The monoisotopic (exact) mass is 420 g/mol. The van der Waals surface area contributed by atoms with Crippen molar-refractivity contribution in [2.45, 2.75) is 0 Å². The molecule has 0 unspecified atom stereocenters. The summed E-state index contributed by atoms with van der Waals surface area (Å²) in [4.78, 5) is 17.4. The summed E-state index contributed by atoms with van der Waals surface area (Å²) in [6.07, 6.45) is 2.24. The van der Waals surface area contributed by atoms with Crippen molar-refractivity contribution in [3.8, 4) is 22.5 Å². The number of halogens is 1. The van der Waals surface area contributed by atoms with Gasteiger partial charge >= 0.3 is 0 Å². The zero-order valence-corrected chi connectivity index (χ0v) is 16.9. The fourth-order valence-corrected chi connectivity index (χ4v) is 3.95. The standard InChI is InChI=1S/C21H21FN8O/c1-28-21(29-10-8-23-9-11-29)19(20(27-28)14-2-4-15(22)5-3-14)16-6-7-18-25-17(24-13-31)12-30(18)26-16/h2-7,12-13,23H,8-11H2,1H3,(H,24,31). The van der Waals surface area contributed by atoms with Crippen LogP contribution in [0.2, 0.25) is 0 Å². The van der Waals surface area contributed by atoms with Crippen LogP contribution in [0.1, 0.15) is 0 Å². The van der Waals surface area contributed by atoms with Gasteiger partial charge in [0.1, 0.15) is 17.3 Å². The third kappa shape index (κ3) is 3.50. The number of anilines is 2. The Balaban J connectivity index is 1.70. The number of rotatable bonds is 5. The Morgan fingerprint density at radius 1 is 1.10 bits per heavy atom. The molecule has 0 atom stereocenters. The predicted octanol–water partition coefficient (Wildman–Crippen LogP) is 1.91. The highest BCUT2D eigenvalue weighted by atomic mass is 19.1. The summed E-state index contributed by atoms with van der Waals surface area (Å²) in [5, 5.41) is 15.5. The van der Waals surface area contributed by atoms with Gasteiger partial charge in [-0.2, -0.15) is 10.2 Å². The quantitative estimate of drug-likeness (QED) is 0.479. The molecule has 4 heterocycles. The lowest BCUT2D eigenvalue weighted by Gasteiger charge is -2.30. The van der Waals surface area contributed by atoms with Crippen molar-refractivity contribution >= 4 is 23.7 Å². The first-order valence-corrected chi connectivity index (χ1v) is 9.99. The zero-order chi connectivity index (χ0) is 21.4. The molecule has 0 bridgehead atoms. The number of piperazine rings is 1. The number of amides is 1. The second-order valence-corrected chi connectivity index (χ2v) is 7.32. The average Bonchev–Trinajstić information content (AvgIpc) is 3.34. The Bertz CT molecular complexity index is 1240. The molecule has 1 fully saturated rings. The van der Waals surface area contributed by atoms with Gasteiger partial charge in [0.2, 0.25) is 6.41 Å².